The van der Waals surface area contributed by atoms with E-state index in [2.05, 4.69) is 50.9 Å². The maximum atomic E-state index is 4.85. The fraction of sp³-hybridized carbons (Fsp3) is 0.500. The molecule has 0 atom stereocenters. The van der Waals surface area contributed by atoms with Crippen LogP contribution in [0.3, 0.4) is 0 Å². The summed E-state index contributed by atoms with van der Waals surface area (Å²) in [5.41, 5.74) is 5.13. The van der Waals surface area contributed by atoms with Crippen LogP contribution in [-0.4, -0.2) is 17.7 Å². The lowest BCUT2D eigenvalue weighted by Crippen LogP contribution is -2.16. The summed E-state index contributed by atoms with van der Waals surface area (Å²) in [6.45, 7) is 9.68. The molecule has 0 unspecified atom stereocenters. The lowest BCUT2D eigenvalue weighted by molar-refractivity contribution is 0.584. The molecule has 0 bridgehead atoms. The van der Waals surface area contributed by atoms with Gasteiger partial charge in [0.1, 0.15) is 0 Å². The van der Waals surface area contributed by atoms with Gasteiger partial charge in [-0.1, -0.05) is 39.8 Å². The summed E-state index contributed by atoms with van der Waals surface area (Å²) >= 11 is 0. The summed E-state index contributed by atoms with van der Waals surface area (Å²) in [6.07, 6.45) is 6.10. The minimum absolute atomic E-state index is 0.129. The number of aliphatic imine (C=N–C) groups is 1. The van der Waals surface area contributed by atoms with Gasteiger partial charge in [0.05, 0.1) is 12.2 Å². The smallest absolute Gasteiger partial charge is 0.0703 e. The van der Waals surface area contributed by atoms with Crippen LogP contribution in [0.1, 0.15) is 51.1 Å². The van der Waals surface area contributed by atoms with Crippen molar-refractivity contribution >= 4 is 11.8 Å². The maximum Gasteiger partial charge on any atom is 0.0703 e. The molecular weight excluding hydrogens is 220 g/mol. The third-order valence-electron chi connectivity index (χ3n) is 3.31. The van der Waals surface area contributed by atoms with E-state index < -0.39 is 0 Å². The molecule has 2 heterocycles. The lowest BCUT2D eigenvalue weighted by atomic mass is 9.83. The Morgan fingerprint density at radius 2 is 2.00 bits per heavy atom. The first kappa shape index (κ1) is 13.0. The van der Waals surface area contributed by atoms with Crippen LogP contribution in [0.25, 0.3) is 5.57 Å². The van der Waals surface area contributed by atoms with Crippen molar-refractivity contribution in [3.8, 4) is 0 Å². The van der Waals surface area contributed by atoms with Crippen molar-refractivity contribution in [3.05, 3.63) is 35.2 Å². The summed E-state index contributed by atoms with van der Waals surface area (Å²) in [7, 11) is 0. The molecule has 2 nitrogen and oxygen atoms in total. The second kappa shape index (κ2) is 5.05. The van der Waals surface area contributed by atoms with Gasteiger partial charge in [0, 0.05) is 18.3 Å². The van der Waals surface area contributed by atoms with Gasteiger partial charge in [0.25, 0.3) is 0 Å². The molecule has 0 N–H and O–H groups in total. The number of rotatable bonds is 2. The molecule has 1 aromatic heterocycles. The van der Waals surface area contributed by atoms with Crippen molar-refractivity contribution in [1.82, 2.24) is 4.98 Å². The summed E-state index contributed by atoms with van der Waals surface area (Å²) in [6, 6.07) is 4.40. The molecule has 1 aromatic rings. The molecule has 0 aromatic carbocycles. The molecule has 0 radical (unpaired) electrons. The first-order valence-corrected chi connectivity index (χ1v) is 6.70. The Labute approximate surface area is 110 Å². The summed E-state index contributed by atoms with van der Waals surface area (Å²) in [4.78, 5) is 9.11. The Kier molecular flexibility index (Phi) is 3.65. The quantitative estimate of drug-likeness (QED) is 0.774. The highest BCUT2D eigenvalue weighted by atomic mass is 14.7. The molecule has 0 amide bonds. The van der Waals surface area contributed by atoms with Gasteiger partial charge < -0.3 is 0 Å². The fourth-order valence-corrected chi connectivity index (χ4v) is 2.22. The maximum absolute atomic E-state index is 4.85. The van der Waals surface area contributed by atoms with Crippen LogP contribution < -0.4 is 0 Å². The molecule has 0 fully saturated rings. The molecule has 0 aliphatic carbocycles. The predicted octanol–water partition coefficient (Wildman–Crippen LogP) is 3.80. The number of hydrogen-bond acceptors (Lipinski definition) is 2. The molecule has 1 aliphatic rings. The number of hydrogen-bond donors (Lipinski definition) is 0. The SMILES string of the molecule is CCc1ccc(C(C)(C)C)c(C2=CCN=CC2)n1. The average Bonchev–Trinajstić information content (AvgIpc) is 2.38. The van der Waals surface area contributed by atoms with Crippen LogP contribution in [0.2, 0.25) is 0 Å². The number of dihydropyridines is 1. The second-order valence-electron chi connectivity index (χ2n) is 5.78. The van der Waals surface area contributed by atoms with Crippen LogP contribution >= 0.6 is 0 Å². The molecule has 2 rings (SSSR count). The number of aromatic nitrogens is 1. The third kappa shape index (κ3) is 2.69. The Bertz CT molecular complexity index is 490. The third-order valence-corrected chi connectivity index (χ3v) is 3.31. The van der Waals surface area contributed by atoms with Crippen molar-refractivity contribution in [2.24, 2.45) is 4.99 Å². The van der Waals surface area contributed by atoms with Crippen molar-refractivity contribution in [3.63, 3.8) is 0 Å². The molecule has 0 saturated heterocycles. The Hall–Kier alpha value is -1.44. The van der Waals surface area contributed by atoms with Gasteiger partial charge in [-0.2, -0.15) is 0 Å². The number of allylic oxidation sites excluding steroid dienone is 1. The fourth-order valence-electron chi connectivity index (χ4n) is 2.22. The molecule has 0 saturated carbocycles. The van der Waals surface area contributed by atoms with E-state index in [1.807, 2.05) is 6.21 Å². The van der Waals surface area contributed by atoms with Gasteiger partial charge in [-0.25, -0.2) is 0 Å². The Morgan fingerprint density at radius 1 is 1.22 bits per heavy atom. The zero-order valence-corrected chi connectivity index (χ0v) is 11.8. The van der Waals surface area contributed by atoms with Crippen LogP contribution in [0.15, 0.2) is 23.2 Å². The van der Waals surface area contributed by atoms with E-state index in [0.717, 1.165) is 19.4 Å². The monoisotopic (exact) mass is 242 g/mol. The minimum atomic E-state index is 0.129. The number of nitrogens with zero attached hydrogens (tertiary/aromatic N) is 2. The lowest BCUT2D eigenvalue weighted by Gasteiger charge is -2.24. The Balaban J connectivity index is 2.51. The van der Waals surface area contributed by atoms with Crippen LogP contribution in [0.5, 0.6) is 0 Å². The molecule has 1 aliphatic heterocycles. The van der Waals surface area contributed by atoms with E-state index in [0.29, 0.717) is 0 Å². The molecule has 0 spiro atoms. The minimum Gasteiger partial charge on any atom is -0.293 e. The molecule has 18 heavy (non-hydrogen) atoms. The summed E-state index contributed by atoms with van der Waals surface area (Å²) in [5, 5.41) is 0. The van der Waals surface area contributed by atoms with E-state index in [-0.39, 0.29) is 5.41 Å². The summed E-state index contributed by atoms with van der Waals surface area (Å²) < 4.78 is 0. The molecule has 2 heteroatoms. The number of pyridine rings is 1. The zero-order chi connectivity index (χ0) is 13.2. The van der Waals surface area contributed by atoms with Crippen molar-refractivity contribution in [2.45, 2.75) is 46.0 Å². The van der Waals surface area contributed by atoms with Crippen molar-refractivity contribution < 1.29 is 0 Å². The molecule has 96 valence electrons. The predicted molar refractivity (Wildman–Crippen MR) is 78.3 cm³/mol. The normalized spacial score (nSPS) is 15.7. The van der Waals surface area contributed by atoms with Gasteiger partial charge in [0.2, 0.25) is 0 Å². The summed E-state index contributed by atoms with van der Waals surface area (Å²) in [5.74, 6) is 0. The van der Waals surface area contributed by atoms with Crippen molar-refractivity contribution in [2.75, 3.05) is 6.54 Å². The first-order valence-electron chi connectivity index (χ1n) is 6.70. The largest absolute Gasteiger partial charge is 0.293 e. The van der Waals surface area contributed by atoms with Crippen molar-refractivity contribution in [1.29, 1.82) is 0 Å². The standard InChI is InChI=1S/C16H22N2/c1-5-13-6-7-14(16(2,3)4)15(18-13)12-8-10-17-11-9-12/h6-8,11H,5,9-10H2,1-4H3. The van der Waals surface area contributed by atoms with Crippen LogP contribution in [0, 0.1) is 0 Å². The van der Waals surface area contributed by atoms with Gasteiger partial charge in [-0.3, -0.25) is 9.98 Å². The second-order valence-corrected chi connectivity index (χ2v) is 5.78. The van der Waals surface area contributed by atoms with Crippen LogP contribution in [0.4, 0.5) is 0 Å². The highest BCUT2D eigenvalue weighted by molar-refractivity contribution is 5.81. The van der Waals surface area contributed by atoms with E-state index in [9.17, 15) is 0 Å². The van der Waals surface area contributed by atoms with E-state index in [1.54, 1.807) is 0 Å². The highest BCUT2D eigenvalue weighted by Crippen LogP contribution is 2.31. The van der Waals surface area contributed by atoms with Gasteiger partial charge in [-0.05, 0) is 29.0 Å². The van der Waals surface area contributed by atoms with E-state index >= 15 is 0 Å². The first-order chi connectivity index (χ1) is 8.52. The Morgan fingerprint density at radius 3 is 2.56 bits per heavy atom. The van der Waals surface area contributed by atoms with E-state index in [1.165, 1.54) is 22.5 Å². The topological polar surface area (TPSA) is 25.2 Å². The highest BCUT2D eigenvalue weighted by Gasteiger charge is 2.21. The zero-order valence-electron chi connectivity index (χ0n) is 11.8. The van der Waals surface area contributed by atoms with Gasteiger partial charge in [0.15, 0.2) is 0 Å². The number of aryl methyl sites for hydroxylation is 1. The average molecular weight is 242 g/mol. The van der Waals surface area contributed by atoms with E-state index in [4.69, 9.17) is 4.98 Å². The van der Waals surface area contributed by atoms with Gasteiger partial charge in [-0.15, -0.1) is 0 Å². The van der Waals surface area contributed by atoms with Crippen LogP contribution in [-0.2, 0) is 11.8 Å². The molecular formula is C16H22N2. The van der Waals surface area contributed by atoms with Gasteiger partial charge >= 0.3 is 0 Å².